The van der Waals surface area contributed by atoms with Crippen LogP contribution in [0.15, 0.2) is 46.9 Å². The molecule has 1 unspecified atom stereocenters. The van der Waals surface area contributed by atoms with Crippen molar-refractivity contribution in [1.82, 2.24) is 0 Å². The largest absolute Gasteiger partial charge is 0.497 e. The quantitative estimate of drug-likeness (QED) is 0.922. The molecule has 0 saturated heterocycles. The minimum Gasteiger partial charge on any atom is -0.497 e. The van der Waals surface area contributed by atoms with Crippen molar-refractivity contribution in [3.63, 3.8) is 0 Å². The molecule has 0 aliphatic heterocycles. The average Bonchev–Trinajstić information content (AvgIpc) is 2.47. The first-order chi connectivity index (χ1) is 9.15. The first-order valence-corrected chi connectivity index (χ1v) is 7.13. The standard InChI is InChI=1S/C16H18BrNO/c1-3-11-5-4-6-12(9-11)16(18)14-10-13(19-2)7-8-15(14)17/h4-10,16H,3,18H2,1-2H3. The molecule has 3 heteroatoms. The second-order valence-electron chi connectivity index (χ2n) is 4.46. The molecule has 0 radical (unpaired) electrons. The Morgan fingerprint density at radius 2 is 2.00 bits per heavy atom. The number of hydrogen-bond acceptors (Lipinski definition) is 2. The smallest absolute Gasteiger partial charge is 0.119 e. The summed E-state index contributed by atoms with van der Waals surface area (Å²) in [7, 11) is 1.66. The van der Waals surface area contributed by atoms with Gasteiger partial charge in [0.15, 0.2) is 0 Å². The summed E-state index contributed by atoms with van der Waals surface area (Å²) in [4.78, 5) is 0. The second-order valence-corrected chi connectivity index (χ2v) is 5.32. The lowest BCUT2D eigenvalue weighted by atomic mass is 9.97. The number of methoxy groups -OCH3 is 1. The summed E-state index contributed by atoms with van der Waals surface area (Å²) in [5.74, 6) is 0.820. The van der Waals surface area contributed by atoms with Gasteiger partial charge in [0.05, 0.1) is 13.2 Å². The lowest BCUT2D eigenvalue weighted by Crippen LogP contribution is -2.13. The van der Waals surface area contributed by atoms with Crippen LogP contribution in [0.2, 0.25) is 0 Å². The minimum absolute atomic E-state index is 0.157. The van der Waals surface area contributed by atoms with Crippen molar-refractivity contribution in [3.8, 4) is 5.75 Å². The van der Waals surface area contributed by atoms with Gasteiger partial charge in [-0.05, 0) is 41.3 Å². The third kappa shape index (κ3) is 3.17. The fourth-order valence-corrected chi connectivity index (χ4v) is 2.57. The van der Waals surface area contributed by atoms with Gasteiger partial charge in [-0.25, -0.2) is 0 Å². The molecule has 19 heavy (non-hydrogen) atoms. The van der Waals surface area contributed by atoms with E-state index in [2.05, 4.69) is 47.1 Å². The Kier molecular flexibility index (Phi) is 4.61. The van der Waals surface area contributed by atoms with Crippen molar-refractivity contribution in [2.75, 3.05) is 7.11 Å². The van der Waals surface area contributed by atoms with Crippen LogP contribution < -0.4 is 10.5 Å². The van der Waals surface area contributed by atoms with E-state index in [1.54, 1.807) is 7.11 Å². The molecule has 0 aliphatic rings. The van der Waals surface area contributed by atoms with E-state index in [0.717, 1.165) is 27.8 Å². The van der Waals surface area contributed by atoms with Gasteiger partial charge >= 0.3 is 0 Å². The number of benzene rings is 2. The molecule has 2 aromatic rings. The fraction of sp³-hybridized carbons (Fsp3) is 0.250. The van der Waals surface area contributed by atoms with Crippen LogP contribution in [0.1, 0.15) is 29.7 Å². The lowest BCUT2D eigenvalue weighted by molar-refractivity contribution is 0.414. The number of aryl methyl sites for hydroxylation is 1. The zero-order chi connectivity index (χ0) is 13.8. The van der Waals surface area contributed by atoms with E-state index in [-0.39, 0.29) is 6.04 Å². The van der Waals surface area contributed by atoms with Crippen LogP contribution in [0.5, 0.6) is 5.75 Å². The first kappa shape index (κ1) is 14.1. The van der Waals surface area contributed by atoms with Crippen LogP contribution in [0, 0.1) is 0 Å². The molecule has 0 heterocycles. The third-order valence-electron chi connectivity index (χ3n) is 3.26. The summed E-state index contributed by atoms with van der Waals surface area (Å²) in [6, 6.07) is 14.1. The number of rotatable bonds is 4. The predicted octanol–water partition coefficient (Wildman–Crippen LogP) is 4.07. The predicted molar refractivity (Wildman–Crippen MR) is 82.5 cm³/mol. The highest BCUT2D eigenvalue weighted by Crippen LogP contribution is 2.30. The highest BCUT2D eigenvalue weighted by atomic mass is 79.9. The molecule has 100 valence electrons. The highest BCUT2D eigenvalue weighted by Gasteiger charge is 2.13. The molecular formula is C16H18BrNO. The van der Waals surface area contributed by atoms with Crippen molar-refractivity contribution in [2.45, 2.75) is 19.4 Å². The second kappa shape index (κ2) is 6.22. The number of ether oxygens (including phenoxy) is 1. The van der Waals surface area contributed by atoms with Crippen LogP contribution in [0.3, 0.4) is 0 Å². The van der Waals surface area contributed by atoms with Gasteiger partial charge in [-0.2, -0.15) is 0 Å². The van der Waals surface area contributed by atoms with Gasteiger partial charge in [0.25, 0.3) is 0 Å². The molecule has 0 aromatic heterocycles. The Balaban J connectivity index is 2.39. The van der Waals surface area contributed by atoms with Crippen molar-refractivity contribution in [1.29, 1.82) is 0 Å². The molecule has 0 spiro atoms. The minimum atomic E-state index is -0.157. The zero-order valence-corrected chi connectivity index (χ0v) is 12.8. The Labute approximate surface area is 122 Å². The Morgan fingerprint density at radius 3 is 2.68 bits per heavy atom. The van der Waals surface area contributed by atoms with Crippen LogP contribution in [-0.2, 0) is 6.42 Å². The van der Waals surface area contributed by atoms with Gasteiger partial charge in [-0.3, -0.25) is 0 Å². The Morgan fingerprint density at radius 1 is 1.21 bits per heavy atom. The van der Waals surface area contributed by atoms with Crippen LogP contribution in [0.25, 0.3) is 0 Å². The average molecular weight is 320 g/mol. The number of nitrogens with two attached hydrogens (primary N) is 1. The number of halogens is 1. The SMILES string of the molecule is CCc1cccc(C(N)c2cc(OC)ccc2Br)c1. The Hall–Kier alpha value is -1.32. The summed E-state index contributed by atoms with van der Waals surface area (Å²) in [5, 5.41) is 0. The molecule has 2 rings (SSSR count). The van der Waals surface area contributed by atoms with E-state index in [0.29, 0.717) is 0 Å². The van der Waals surface area contributed by atoms with Crippen molar-refractivity contribution in [3.05, 3.63) is 63.6 Å². The number of hydrogen-bond donors (Lipinski definition) is 1. The van der Waals surface area contributed by atoms with E-state index < -0.39 is 0 Å². The van der Waals surface area contributed by atoms with Crippen LogP contribution in [-0.4, -0.2) is 7.11 Å². The van der Waals surface area contributed by atoms with E-state index in [1.165, 1.54) is 5.56 Å². The summed E-state index contributed by atoms with van der Waals surface area (Å²) < 4.78 is 6.27. The molecule has 0 saturated carbocycles. The van der Waals surface area contributed by atoms with Crippen LogP contribution in [0.4, 0.5) is 0 Å². The monoisotopic (exact) mass is 319 g/mol. The highest BCUT2D eigenvalue weighted by molar-refractivity contribution is 9.10. The maximum atomic E-state index is 6.38. The van der Waals surface area contributed by atoms with E-state index >= 15 is 0 Å². The molecule has 0 aliphatic carbocycles. The van der Waals surface area contributed by atoms with Gasteiger partial charge in [-0.15, -0.1) is 0 Å². The molecule has 2 nitrogen and oxygen atoms in total. The van der Waals surface area contributed by atoms with Gasteiger partial charge in [-0.1, -0.05) is 47.1 Å². The van der Waals surface area contributed by atoms with E-state index in [1.807, 2.05) is 18.2 Å². The molecule has 1 atom stereocenters. The maximum absolute atomic E-state index is 6.38. The molecular weight excluding hydrogens is 302 g/mol. The molecule has 0 amide bonds. The van der Waals surface area contributed by atoms with Crippen molar-refractivity contribution >= 4 is 15.9 Å². The molecule has 0 fully saturated rings. The normalized spacial score (nSPS) is 12.2. The van der Waals surface area contributed by atoms with Crippen LogP contribution >= 0.6 is 15.9 Å². The van der Waals surface area contributed by atoms with Crippen molar-refractivity contribution in [2.24, 2.45) is 5.73 Å². The van der Waals surface area contributed by atoms with E-state index in [9.17, 15) is 0 Å². The zero-order valence-electron chi connectivity index (χ0n) is 11.2. The van der Waals surface area contributed by atoms with E-state index in [4.69, 9.17) is 10.5 Å². The molecule has 2 N–H and O–H groups in total. The summed E-state index contributed by atoms with van der Waals surface area (Å²) >= 11 is 3.56. The summed E-state index contributed by atoms with van der Waals surface area (Å²) in [6.45, 7) is 2.14. The summed E-state index contributed by atoms with van der Waals surface area (Å²) in [5.41, 5.74) is 9.83. The van der Waals surface area contributed by atoms with Gasteiger partial charge in [0.2, 0.25) is 0 Å². The topological polar surface area (TPSA) is 35.2 Å². The van der Waals surface area contributed by atoms with Gasteiger partial charge in [0, 0.05) is 4.47 Å². The lowest BCUT2D eigenvalue weighted by Gasteiger charge is -2.16. The first-order valence-electron chi connectivity index (χ1n) is 6.33. The molecule has 2 aromatic carbocycles. The van der Waals surface area contributed by atoms with Gasteiger partial charge in [0.1, 0.15) is 5.75 Å². The maximum Gasteiger partial charge on any atom is 0.119 e. The van der Waals surface area contributed by atoms with Gasteiger partial charge < -0.3 is 10.5 Å². The fourth-order valence-electron chi connectivity index (χ4n) is 2.07. The van der Waals surface area contributed by atoms with Crippen molar-refractivity contribution < 1.29 is 4.74 Å². The third-order valence-corrected chi connectivity index (χ3v) is 3.98. The Bertz CT molecular complexity index is 568. The molecule has 0 bridgehead atoms. The summed E-state index contributed by atoms with van der Waals surface area (Å²) in [6.07, 6.45) is 1.01.